The van der Waals surface area contributed by atoms with E-state index in [1.807, 2.05) is 44.4 Å². The van der Waals surface area contributed by atoms with Crippen LogP contribution in [0.3, 0.4) is 0 Å². The van der Waals surface area contributed by atoms with Crippen molar-refractivity contribution in [3.05, 3.63) is 48.5 Å². The van der Waals surface area contributed by atoms with Crippen molar-refractivity contribution in [3.63, 3.8) is 0 Å². The van der Waals surface area contributed by atoms with Crippen LogP contribution < -0.4 is 15.4 Å². The molecule has 0 saturated heterocycles. The largest absolute Gasteiger partial charge is 0.397 e. The lowest BCUT2D eigenvalue weighted by Gasteiger charge is -2.19. The van der Waals surface area contributed by atoms with E-state index in [-0.39, 0.29) is 0 Å². The summed E-state index contributed by atoms with van der Waals surface area (Å²) in [5, 5.41) is 3.06. The second kappa shape index (κ2) is 5.69. The smallest absolute Gasteiger partial charge is 0.0572 e. The topological polar surface area (TPSA) is 41.3 Å². The van der Waals surface area contributed by atoms with Gasteiger partial charge in [-0.2, -0.15) is 0 Å². The summed E-state index contributed by atoms with van der Waals surface area (Å²) in [6.07, 6.45) is 0. The standard InChI is InChI=1S/C14H17N3S/c1-16-14-9-8-11(10-13(14)15)17(2)18-12-6-4-3-5-7-12/h3-10,16H,15H2,1-2H3. The molecule has 3 nitrogen and oxygen atoms in total. The molecular weight excluding hydrogens is 242 g/mol. The highest BCUT2D eigenvalue weighted by atomic mass is 32.2. The summed E-state index contributed by atoms with van der Waals surface area (Å²) in [4.78, 5) is 1.20. The molecule has 0 radical (unpaired) electrons. The van der Waals surface area contributed by atoms with Crippen LogP contribution in [0.5, 0.6) is 0 Å². The maximum atomic E-state index is 5.96. The van der Waals surface area contributed by atoms with Gasteiger partial charge >= 0.3 is 0 Å². The first-order valence-corrected chi connectivity index (χ1v) is 6.52. The SMILES string of the molecule is CNc1ccc(N(C)Sc2ccccc2)cc1N. The number of rotatable bonds is 4. The fourth-order valence-corrected chi connectivity index (χ4v) is 2.48. The molecule has 3 N–H and O–H groups in total. The van der Waals surface area contributed by atoms with Gasteiger partial charge in [0, 0.05) is 24.7 Å². The van der Waals surface area contributed by atoms with Gasteiger partial charge in [0.25, 0.3) is 0 Å². The van der Waals surface area contributed by atoms with Crippen molar-refractivity contribution in [2.45, 2.75) is 4.90 Å². The lowest BCUT2D eigenvalue weighted by molar-refractivity contribution is 1.33. The summed E-state index contributed by atoms with van der Waals surface area (Å²) in [6.45, 7) is 0. The average molecular weight is 259 g/mol. The van der Waals surface area contributed by atoms with Crippen LogP contribution in [0.1, 0.15) is 0 Å². The molecule has 0 aliphatic rings. The van der Waals surface area contributed by atoms with Gasteiger partial charge in [0.2, 0.25) is 0 Å². The average Bonchev–Trinajstić information content (AvgIpc) is 2.39. The highest BCUT2D eigenvalue weighted by Crippen LogP contribution is 2.30. The third-order valence-electron chi connectivity index (χ3n) is 2.65. The minimum Gasteiger partial charge on any atom is -0.397 e. The summed E-state index contributed by atoms with van der Waals surface area (Å²) in [5.74, 6) is 0. The van der Waals surface area contributed by atoms with E-state index >= 15 is 0 Å². The zero-order chi connectivity index (χ0) is 13.0. The second-order valence-corrected chi connectivity index (χ2v) is 5.13. The van der Waals surface area contributed by atoms with Gasteiger partial charge in [0.1, 0.15) is 0 Å². The van der Waals surface area contributed by atoms with Crippen molar-refractivity contribution in [3.8, 4) is 0 Å². The molecule has 0 bridgehead atoms. The van der Waals surface area contributed by atoms with Gasteiger partial charge in [-0.25, -0.2) is 0 Å². The van der Waals surface area contributed by atoms with Crippen molar-refractivity contribution in [2.24, 2.45) is 0 Å². The summed E-state index contributed by atoms with van der Waals surface area (Å²) in [7, 11) is 3.90. The van der Waals surface area contributed by atoms with E-state index in [4.69, 9.17) is 5.73 Å². The zero-order valence-corrected chi connectivity index (χ0v) is 11.4. The molecule has 0 aliphatic heterocycles. The molecule has 2 aromatic carbocycles. The number of anilines is 3. The Hall–Kier alpha value is -1.81. The summed E-state index contributed by atoms with van der Waals surface area (Å²) in [6, 6.07) is 16.3. The first-order chi connectivity index (χ1) is 8.70. The van der Waals surface area contributed by atoms with Crippen LogP contribution in [0.25, 0.3) is 0 Å². The number of hydrogen-bond acceptors (Lipinski definition) is 4. The van der Waals surface area contributed by atoms with Gasteiger partial charge in [0.15, 0.2) is 0 Å². The lowest BCUT2D eigenvalue weighted by Crippen LogP contribution is -2.07. The van der Waals surface area contributed by atoms with Crippen LogP contribution in [0, 0.1) is 0 Å². The molecule has 94 valence electrons. The third kappa shape index (κ3) is 2.90. The van der Waals surface area contributed by atoms with Crippen molar-refractivity contribution in [1.82, 2.24) is 0 Å². The molecule has 0 heterocycles. The summed E-state index contributed by atoms with van der Waals surface area (Å²) in [5.41, 5.74) is 8.76. The van der Waals surface area contributed by atoms with Gasteiger partial charge in [-0.3, -0.25) is 0 Å². The van der Waals surface area contributed by atoms with Gasteiger partial charge in [-0.15, -0.1) is 0 Å². The van der Waals surface area contributed by atoms with Crippen LogP contribution in [0.4, 0.5) is 17.1 Å². The molecule has 0 aliphatic carbocycles. The molecule has 0 aromatic heterocycles. The maximum Gasteiger partial charge on any atom is 0.0572 e. The van der Waals surface area contributed by atoms with Crippen molar-refractivity contribution in [2.75, 3.05) is 29.5 Å². The fraction of sp³-hybridized carbons (Fsp3) is 0.143. The first-order valence-electron chi connectivity index (χ1n) is 5.74. The predicted octanol–water partition coefficient (Wildman–Crippen LogP) is 3.45. The minimum atomic E-state index is 0.760. The fourth-order valence-electron chi connectivity index (χ4n) is 1.67. The van der Waals surface area contributed by atoms with Gasteiger partial charge in [0.05, 0.1) is 11.4 Å². The van der Waals surface area contributed by atoms with E-state index in [1.165, 1.54) is 4.90 Å². The van der Waals surface area contributed by atoms with Crippen LogP contribution in [-0.4, -0.2) is 14.1 Å². The summed E-state index contributed by atoms with van der Waals surface area (Å²) >= 11 is 1.68. The molecule has 0 atom stereocenters. The maximum absolute atomic E-state index is 5.96. The Balaban J connectivity index is 2.14. The van der Waals surface area contributed by atoms with Crippen LogP contribution in [-0.2, 0) is 0 Å². The van der Waals surface area contributed by atoms with Crippen LogP contribution >= 0.6 is 11.9 Å². The lowest BCUT2D eigenvalue weighted by atomic mass is 10.2. The van der Waals surface area contributed by atoms with E-state index in [2.05, 4.69) is 27.8 Å². The van der Waals surface area contributed by atoms with Crippen molar-refractivity contribution < 1.29 is 0 Å². The number of benzene rings is 2. The Kier molecular flexibility index (Phi) is 3.99. The molecule has 0 amide bonds. The minimum absolute atomic E-state index is 0.760. The monoisotopic (exact) mass is 259 g/mol. The Morgan fingerprint density at radius 3 is 2.44 bits per heavy atom. The predicted molar refractivity (Wildman–Crippen MR) is 81.1 cm³/mol. The number of nitrogens with zero attached hydrogens (tertiary/aromatic N) is 1. The highest BCUT2D eigenvalue weighted by Gasteiger charge is 2.05. The van der Waals surface area contributed by atoms with E-state index in [1.54, 1.807) is 11.9 Å². The molecular formula is C14H17N3S. The van der Waals surface area contributed by atoms with Crippen LogP contribution in [0.2, 0.25) is 0 Å². The zero-order valence-electron chi connectivity index (χ0n) is 10.6. The molecule has 2 aromatic rings. The van der Waals surface area contributed by atoms with E-state index in [0.29, 0.717) is 0 Å². The van der Waals surface area contributed by atoms with E-state index in [0.717, 1.165) is 17.1 Å². The van der Waals surface area contributed by atoms with Gasteiger partial charge < -0.3 is 15.4 Å². The Bertz CT molecular complexity index is 514. The molecule has 4 heteroatoms. The molecule has 0 unspecified atom stereocenters. The Morgan fingerprint density at radius 2 is 1.83 bits per heavy atom. The Labute approximate surface area is 112 Å². The van der Waals surface area contributed by atoms with E-state index in [9.17, 15) is 0 Å². The molecule has 18 heavy (non-hydrogen) atoms. The molecule has 2 rings (SSSR count). The van der Waals surface area contributed by atoms with Gasteiger partial charge in [-0.1, -0.05) is 18.2 Å². The highest BCUT2D eigenvalue weighted by molar-refractivity contribution is 8.00. The van der Waals surface area contributed by atoms with Gasteiger partial charge in [-0.05, 0) is 42.3 Å². The molecule has 0 saturated carbocycles. The molecule has 0 fully saturated rings. The van der Waals surface area contributed by atoms with Crippen LogP contribution in [0.15, 0.2) is 53.4 Å². The van der Waals surface area contributed by atoms with E-state index < -0.39 is 0 Å². The normalized spacial score (nSPS) is 10.1. The quantitative estimate of drug-likeness (QED) is 0.652. The molecule has 0 spiro atoms. The number of hydrogen-bond donors (Lipinski definition) is 2. The van der Waals surface area contributed by atoms with Crippen molar-refractivity contribution >= 4 is 29.0 Å². The number of nitrogens with one attached hydrogen (secondary N) is 1. The summed E-state index contributed by atoms with van der Waals surface area (Å²) < 4.78 is 2.10. The third-order valence-corrected chi connectivity index (χ3v) is 3.62. The first kappa shape index (κ1) is 12.6. The Morgan fingerprint density at radius 1 is 1.11 bits per heavy atom. The number of nitrogens with two attached hydrogens (primary N) is 1. The van der Waals surface area contributed by atoms with Crippen molar-refractivity contribution in [1.29, 1.82) is 0 Å². The second-order valence-electron chi connectivity index (χ2n) is 3.92. The number of nitrogen functional groups attached to an aromatic ring is 1.